The van der Waals surface area contributed by atoms with Gasteiger partial charge in [0.2, 0.25) is 0 Å². The van der Waals surface area contributed by atoms with E-state index in [0.717, 1.165) is 28.2 Å². The fourth-order valence-corrected chi connectivity index (χ4v) is 3.30. The summed E-state index contributed by atoms with van der Waals surface area (Å²) in [6, 6.07) is 8.00. The van der Waals surface area contributed by atoms with Crippen molar-refractivity contribution in [3.63, 3.8) is 0 Å². The molecule has 1 aromatic carbocycles. The maximum Gasteiger partial charge on any atom is 0.191 e. The van der Waals surface area contributed by atoms with Gasteiger partial charge in [0.1, 0.15) is 5.01 Å². The highest BCUT2D eigenvalue weighted by molar-refractivity contribution is 7.11. The average molecular weight is 365 g/mol. The molecule has 0 atom stereocenters. The number of aliphatic imine (C=N–C) groups is 1. The fourth-order valence-electron chi connectivity index (χ4n) is 2.30. The van der Waals surface area contributed by atoms with Gasteiger partial charge < -0.3 is 10.6 Å². The third-order valence-electron chi connectivity index (χ3n) is 4.03. The third kappa shape index (κ3) is 4.95. The van der Waals surface area contributed by atoms with Crippen molar-refractivity contribution < 1.29 is 0 Å². The highest BCUT2D eigenvalue weighted by atomic mass is 35.5. The maximum absolute atomic E-state index is 5.97. The van der Waals surface area contributed by atoms with E-state index in [2.05, 4.69) is 53.5 Å². The fraction of sp³-hybridized carbons (Fsp3) is 0.444. The lowest BCUT2D eigenvalue weighted by atomic mass is 9.85. The number of thiazole rings is 1. The quantitative estimate of drug-likeness (QED) is 0.621. The Bertz CT molecular complexity index is 685. The molecule has 0 aliphatic carbocycles. The SMILES string of the molecule is CN=C(NCc1nc(C)c(C)s1)NCC(C)(C)c1ccc(Cl)cc1. The van der Waals surface area contributed by atoms with E-state index < -0.39 is 0 Å². The van der Waals surface area contributed by atoms with Crippen molar-refractivity contribution in [1.29, 1.82) is 0 Å². The zero-order chi connectivity index (χ0) is 17.7. The van der Waals surface area contributed by atoms with Gasteiger partial charge in [-0.1, -0.05) is 37.6 Å². The molecule has 0 amide bonds. The molecular weight excluding hydrogens is 340 g/mol. The Hall–Kier alpha value is -1.59. The number of halogens is 1. The standard InChI is InChI=1S/C18H25ClN4S/c1-12-13(2)24-16(23-12)10-21-17(20-5)22-11-18(3,4)14-6-8-15(19)9-7-14/h6-9H,10-11H2,1-5H3,(H2,20,21,22). The van der Waals surface area contributed by atoms with Crippen molar-refractivity contribution in [3.05, 3.63) is 50.4 Å². The average Bonchev–Trinajstić information content (AvgIpc) is 2.86. The minimum atomic E-state index is -0.0312. The van der Waals surface area contributed by atoms with E-state index in [0.29, 0.717) is 6.54 Å². The van der Waals surface area contributed by atoms with Crippen LogP contribution in [-0.2, 0) is 12.0 Å². The highest BCUT2D eigenvalue weighted by Gasteiger charge is 2.20. The van der Waals surface area contributed by atoms with E-state index in [1.807, 2.05) is 19.1 Å². The second-order valence-electron chi connectivity index (χ2n) is 6.42. The third-order valence-corrected chi connectivity index (χ3v) is 5.35. The van der Waals surface area contributed by atoms with Crippen LogP contribution >= 0.6 is 22.9 Å². The Balaban J connectivity index is 1.91. The first-order valence-electron chi connectivity index (χ1n) is 7.95. The molecule has 0 radical (unpaired) electrons. The normalized spacial score (nSPS) is 12.3. The Labute approximate surface area is 153 Å². The van der Waals surface area contributed by atoms with Crippen molar-refractivity contribution in [3.8, 4) is 0 Å². The van der Waals surface area contributed by atoms with E-state index in [1.54, 1.807) is 18.4 Å². The van der Waals surface area contributed by atoms with Gasteiger partial charge in [-0.2, -0.15) is 0 Å². The van der Waals surface area contributed by atoms with Crippen LogP contribution < -0.4 is 10.6 Å². The first kappa shape index (κ1) is 18.7. The Kier molecular flexibility index (Phi) is 6.24. The Morgan fingerprint density at radius 1 is 1.21 bits per heavy atom. The molecule has 2 N–H and O–H groups in total. The van der Waals surface area contributed by atoms with Crippen molar-refractivity contribution in [2.24, 2.45) is 4.99 Å². The molecule has 2 aromatic rings. The summed E-state index contributed by atoms with van der Waals surface area (Å²) in [5.41, 5.74) is 2.31. The first-order valence-corrected chi connectivity index (χ1v) is 9.15. The topological polar surface area (TPSA) is 49.3 Å². The molecule has 1 heterocycles. The molecule has 24 heavy (non-hydrogen) atoms. The monoisotopic (exact) mass is 364 g/mol. The smallest absolute Gasteiger partial charge is 0.191 e. The summed E-state index contributed by atoms with van der Waals surface area (Å²) in [5, 5.41) is 8.55. The number of aryl methyl sites for hydroxylation is 2. The van der Waals surface area contributed by atoms with Crippen LogP contribution in [0.2, 0.25) is 5.02 Å². The molecule has 0 aliphatic rings. The Morgan fingerprint density at radius 2 is 1.88 bits per heavy atom. The summed E-state index contributed by atoms with van der Waals surface area (Å²) >= 11 is 7.69. The van der Waals surface area contributed by atoms with Gasteiger partial charge in [-0.15, -0.1) is 11.3 Å². The van der Waals surface area contributed by atoms with E-state index in [-0.39, 0.29) is 5.41 Å². The lowest BCUT2D eigenvalue weighted by Crippen LogP contribution is -2.43. The number of guanidine groups is 1. The summed E-state index contributed by atoms with van der Waals surface area (Å²) in [7, 11) is 1.78. The number of hydrogen-bond acceptors (Lipinski definition) is 3. The van der Waals surface area contributed by atoms with Crippen molar-refractivity contribution in [2.75, 3.05) is 13.6 Å². The highest BCUT2D eigenvalue weighted by Crippen LogP contribution is 2.23. The predicted molar refractivity (Wildman–Crippen MR) is 104 cm³/mol. The second kappa shape index (κ2) is 7.99. The Morgan fingerprint density at radius 3 is 2.42 bits per heavy atom. The van der Waals surface area contributed by atoms with Gasteiger partial charge in [-0.05, 0) is 31.5 Å². The molecule has 0 bridgehead atoms. The van der Waals surface area contributed by atoms with E-state index in [1.165, 1.54) is 10.4 Å². The number of benzene rings is 1. The molecule has 0 fully saturated rings. The molecule has 4 nitrogen and oxygen atoms in total. The zero-order valence-electron chi connectivity index (χ0n) is 14.9. The minimum absolute atomic E-state index is 0.0312. The van der Waals surface area contributed by atoms with Crippen LogP contribution in [0.1, 0.15) is 35.0 Å². The summed E-state index contributed by atoms with van der Waals surface area (Å²) in [5.74, 6) is 0.780. The van der Waals surface area contributed by atoms with Crippen LogP contribution in [0.4, 0.5) is 0 Å². The summed E-state index contributed by atoms with van der Waals surface area (Å²) in [6.45, 7) is 9.98. The minimum Gasteiger partial charge on any atom is -0.356 e. The number of nitrogens with zero attached hydrogens (tertiary/aromatic N) is 2. The van der Waals surface area contributed by atoms with E-state index in [4.69, 9.17) is 11.6 Å². The first-order chi connectivity index (χ1) is 11.3. The molecule has 0 saturated carbocycles. The van der Waals surface area contributed by atoms with Gasteiger partial charge in [0.25, 0.3) is 0 Å². The number of hydrogen-bond donors (Lipinski definition) is 2. The predicted octanol–water partition coefficient (Wildman–Crippen LogP) is 4.06. The molecule has 2 rings (SSSR count). The molecule has 6 heteroatoms. The summed E-state index contributed by atoms with van der Waals surface area (Å²) in [4.78, 5) is 10.1. The number of rotatable bonds is 5. The molecule has 1 aromatic heterocycles. The van der Waals surface area contributed by atoms with Crippen LogP contribution in [0.5, 0.6) is 0 Å². The summed E-state index contributed by atoms with van der Waals surface area (Å²) in [6.07, 6.45) is 0. The van der Waals surface area contributed by atoms with Crippen LogP contribution in [0.25, 0.3) is 0 Å². The molecule has 0 unspecified atom stereocenters. The number of aromatic nitrogens is 1. The lowest BCUT2D eigenvalue weighted by molar-refractivity contribution is 0.508. The van der Waals surface area contributed by atoms with Crippen LogP contribution in [-0.4, -0.2) is 24.5 Å². The molecule has 130 valence electrons. The second-order valence-corrected chi connectivity index (χ2v) is 8.14. The van der Waals surface area contributed by atoms with E-state index >= 15 is 0 Å². The maximum atomic E-state index is 5.97. The number of nitrogens with one attached hydrogen (secondary N) is 2. The molecular formula is C18H25ClN4S. The van der Waals surface area contributed by atoms with Crippen molar-refractivity contribution >= 4 is 28.9 Å². The van der Waals surface area contributed by atoms with Gasteiger partial charge in [0, 0.05) is 28.9 Å². The largest absolute Gasteiger partial charge is 0.356 e. The van der Waals surface area contributed by atoms with Gasteiger partial charge >= 0.3 is 0 Å². The van der Waals surface area contributed by atoms with Crippen LogP contribution in [0.15, 0.2) is 29.3 Å². The van der Waals surface area contributed by atoms with Gasteiger partial charge in [-0.3, -0.25) is 4.99 Å². The van der Waals surface area contributed by atoms with Crippen LogP contribution in [0, 0.1) is 13.8 Å². The van der Waals surface area contributed by atoms with Crippen LogP contribution in [0.3, 0.4) is 0 Å². The van der Waals surface area contributed by atoms with E-state index in [9.17, 15) is 0 Å². The molecule has 0 saturated heterocycles. The zero-order valence-corrected chi connectivity index (χ0v) is 16.5. The van der Waals surface area contributed by atoms with Crippen molar-refractivity contribution in [2.45, 2.75) is 39.7 Å². The van der Waals surface area contributed by atoms with Crippen molar-refractivity contribution in [1.82, 2.24) is 15.6 Å². The summed E-state index contributed by atoms with van der Waals surface area (Å²) < 4.78 is 0. The molecule has 0 aliphatic heterocycles. The van der Waals surface area contributed by atoms with Gasteiger partial charge in [0.15, 0.2) is 5.96 Å². The van der Waals surface area contributed by atoms with Gasteiger partial charge in [-0.25, -0.2) is 4.98 Å². The lowest BCUT2D eigenvalue weighted by Gasteiger charge is -2.26. The van der Waals surface area contributed by atoms with Gasteiger partial charge in [0.05, 0.1) is 12.2 Å². The molecule has 0 spiro atoms.